The van der Waals surface area contributed by atoms with Crippen LogP contribution in [0.2, 0.25) is 0 Å². The minimum atomic E-state index is -0.195. The molecule has 0 amide bonds. The summed E-state index contributed by atoms with van der Waals surface area (Å²) < 4.78 is 0. The maximum atomic E-state index is 10.6. The van der Waals surface area contributed by atoms with Crippen molar-refractivity contribution >= 4 is 0 Å². The lowest BCUT2D eigenvalue weighted by molar-refractivity contribution is 0.286. The topological polar surface area (TPSA) is 78.0 Å². The van der Waals surface area contributed by atoms with E-state index in [4.69, 9.17) is 5.11 Å². The van der Waals surface area contributed by atoms with Gasteiger partial charge in [0.2, 0.25) is 0 Å². The van der Waals surface area contributed by atoms with Crippen molar-refractivity contribution in [1.29, 1.82) is 0 Å². The average Bonchev–Trinajstić information content (AvgIpc) is 2.15. The minimum Gasteiger partial charge on any atom is -0.396 e. The van der Waals surface area contributed by atoms with Gasteiger partial charge in [0.1, 0.15) is 0 Å². The molecule has 0 aliphatic rings. The quantitative estimate of drug-likeness (QED) is 0.524. The summed E-state index contributed by atoms with van der Waals surface area (Å²) in [4.78, 5) is 10.6. The molecule has 0 aliphatic heterocycles. The largest absolute Gasteiger partial charge is 0.396 e. The van der Waals surface area contributed by atoms with Crippen LogP contribution in [0.4, 0.5) is 0 Å². The van der Waals surface area contributed by atoms with Gasteiger partial charge in [-0.25, -0.2) is 5.10 Å². The molecule has 1 heterocycles. The molecule has 5 heteroatoms. The Morgan fingerprint density at radius 3 is 3.00 bits per heavy atom. The van der Waals surface area contributed by atoms with E-state index in [9.17, 15) is 4.79 Å². The molecule has 0 atom stereocenters. The number of nitrogens with one attached hydrogen (secondary N) is 2. The highest BCUT2D eigenvalue weighted by molar-refractivity contribution is 4.98. The van der Waals surface area contributed by atoms with Gasteiger partial charge in [-0.05, 0) is 19.0 Å². The molecule has 13 heavy (non-hydrogen) atoms. The molecule has 0 saturated heterocycles. The van der Waals surface area contributed by atoms with Crippen LogP contribution in [0.15, 0.2) is 16.9 Å². The van der Waals surface area contributed by atoms with E-state index in [0.29, 0.717) is 6.54 Å². The van der Waals surface area contributed by atoms with Crippen LogP contribution < -0.4 is 10.9 Å². The smallest absolute Gasteiger partial charge is 0.264 e. The van der Waals surface area contributed by atoms with Gasteiger partial charge in [-0.3, -0.25) is 4.79 Å². The van der Waals surface area contributed by atoms with Crippen molar-refractivity contribution in [3.05, 3.63) is 28.2 Å². The number of aliphatic hydroxyl groups is 1. The zero-order valence-corrected chi connectivity index (χ0v) is 7.29. The Kier molecular flexibility index (Phi) is 4.14. The van der Waals surface area contributed by atoms with Crippen LogP contribution in [-0.4, -0.2) is 28.5 Å². The average molecular weight is 183 g/mol. The third-order valence-electron chi connectivity index (χ3n) is 1.55. The van der Waals surface area contributed by atoms with E-state index in [2.05, 4.69) is 15.5 Å². The lowest BCUT2D eigenvalue weighted by Gasteiger charge is -2.01. The first-order chi connectivity index (χ1) is 6.33. The molecule has 0 bridgehead atoms. The summed E-state index contributed by atoms with van der Waals surface area (Å²) >= 11 is 0. The second kappa shape index (κ2) is 5.45. The third kappa shape index (κ3) is 3.82. The molecule has 1 aromatic heterocycles. The van der Waals surface area contributed by atoms with E-state index in [1.165, 1.54) is 6.07 Å². The molecule has 0 aromatic carbocycles. The molecule has 1 aromatic rings. The number of aliphatic hydroxyl groups excluding tert-OH is 1. The van der Waals surface area contributed by atoms with Crippen LogP contribution in [0, 0.1) is 0 Å². The fraction of sp³-hybridized carbons (Fsp3) is 0.500. The molecule has 3 N–H and O–H groups in total. The van der Waals surface area contributed by atoms with Crippen molar-refractivity contribution in [1.82, 2.24) is 15.5 Å². The SMILES string of the molecule is O=c1ccc(CNCCCO)n[nH]1. The first-order valence-electron chi connectivity index (χ1n) is 4.19. The minimum absolute atomic E-state index is 0.187. The molecule has 0 spiro atoms. The Labute approximate surface area is 75.8 Å². The Morgan fingerprint density at radius 1 is 1.54 bits per heavy atom. The highest BCUT2D eigenvalue weighted by Crippen LogP contribution is 1.86. The van der Waals surface area contributed by atoms with Gasteiger partial charge >= 0.3 is 0 Å². The van der Waals surface area contributed by atoms with Gasteiger partial charge < -0.3 is 10.4 Å². The second-order valence-corrected chi connectivity index (χ2v) is 2.67. The summed E-state index contributed by atoms with van der Waals surface area (Å²) in [7, 11) is 0. The van der Waals surface area contributed by atoms with E-state index in [1.807, 2.05) is 0 Å². The van der Waals surface area contributed by atoms with E-state index >= 15 is 0 Å². The van der Waals surface area contributed by atoms with E-state index in [1.54, 1.807) is 6.07 Å². The molecule has 0 fully saturated rings. The van der Waals surface area contributed by atoms with Gasteiger partial charge in [0.05, 0.1) is 5.69 Å². The Hall–Kier alpha value is -1.20. The number of hydrogen-bond acceptors (Lipinski definition) is 4. The predicted octanol–water partition coefficient (Wildman–Crippen LogP) is -0.758. The van der Waals surface area contributed by atoms with Crippen LogP contribution in [0.3, 0.4) is 0 Å². The zero-order chi connectivity index (χ0) is 9.52. The molecule has 1 rings (SSSR count). The van der Waals surface area contributed by atoms with Crippen LogP contribution in [-0.2, 0) is 6.54 Å². The first kappa shape index (κ1) is 9.88. The summed E-state index contributed by atoms with van der Waals surface area (Å²) in [6, 6.07) is 3.11. The van der Waals surface area contributed by atoms with Gasteiger partial charge in [0.25, 0.3) is 5.56 Å². The van der Waals surface area contributed by atoms with E-state index in [-0.39, 0.29) is 12.2 Å². The monoisotopic (exact) mass is 183 g/mol. The Bertz CT molecular complexity index is 277. The summed E-state index contributed by atoms with van der Waals surface area (Å²) in [6.45, 7) is 1.54. The highest BCUT2D eigenvalue weighted by atomic mass is 16.3. The number of aromatic amines is 1. The summed E-state index contributed by atoms with van der Waals surface area (Å²) in [5.41, 5.74) is 0.594. The van der Waals surface area contributed by atoms with E-state index in [0.717, 1.165) is 18.7 Å². The molecule has 0 radical (unpaired) electrons. The number of nitrogens with zero attached hydrogens (tertiary/aromatic N) is 1. The second-order valence-electron chi connectivity index (χ2n) is 2.67. The number of aromatic nitrogens is 2. The van der Waals surface area contributed by atoms with Crippen LogP contribution >= 0.6 is 0 Å². The molecule has 0 saturated carbocycles. The maximum Gasteiger partial charge on any atom is 0.264 e. The zero-order valence-electron chi connectivity index (χ0n) is 7.29. The van der Waals surface area contributed by atoms with Gasteiger partial charge in [0, 0.05) is 19.2 Å². The van der Waals surface area contributed by atoms with Crippen molar-refractivity contribution in [2.24, 2.45) is 0 Å². The van der Waals surface area contributed by atoms with Crippen molar-refractivity contribution in [2.75, 3.05) is 13.2 Å². The van der Waals surface area contributed by atoms with Crippen molar-refractivity contribution in [3.8, 4) is 0 Å². The van der Waals surface area contributed by atoms with Crippen LogP contribution in [0.1, 0.15) is 12.1 Å². The van der Waals surface area contributed by atoms with Gasteiger partial charge in [-0.15, -0.1) is 0 Å². The van der Waals surface area contributed by atoms with Gasteiger partial charge in [-0.2, -0.15) is 5.10 Å². The van der Waals surface area contributed by atoms with Crippen LogP contribution in [0.5, 0.6) is 0 Å². The standard InChI is InChI=1S/C8H13N3O2/c12-5-1-4-9-6-7-2-3-8(13)11-10-7/h2-3,9,12H,1,4-6H2,(H,11,13). The third-order valence-corrected chi connectivity index (χ3v) is 1.55. The molecule has 0 aliphatic carbocycles. The lowest BCUT2D eigenvalue weighted by Crippen LogP contribution is -2.18. The number of rotatable bonds is 5. The van der Waals surface area contributed by atoms with Crippen LogP contribution in [0.25, 0.3) is 0 Å². The Morgan fingerprint density at radius 2 is 2.38 bits per heavy atom. The lowest BCUT2D eigenvalue weighted by atomic mass is 10.3. The van der Waals surface area contributed by atoms with Crippen molar-refractivity contribution in [2.45, 2.75) is 13.0 Å². The Balaban J connectivity index is 2.29. The molecule has 0 unspecified atom stereocenters. The normalized spacial score (nSPS) is 10.2. The fourth-order valence-corrected chi connectivity index (χ4v) is 0.892. The predicted molar refractivity (Wildman–Crippen MR) is 48.3 cm³/mol. The van der Waals surface area contributed by atoms with E-state index < -0.39 is 0 Å². The maximum absolute atomic E-state index is 10.6. The fourth-order valence-electron chi connectivity index (χ4n) is 0.892. The summed E-state index contributed by atoms with van der Waals surface area (Å²) in [5, 5.41) is 17.7. The van der Waals surface area contributed by atoms with Crippen molar-refractivity contribution in [3.63, 3.8) is 0 Å². The summed E-state index contributed by atoms with van der Waals surface area (Å²) in [5.74, 6) is 0. The summed E-state index contributed by atoms with van der Waals surface area (Å²) in [6.07, 6.45) is 0.726. The molecular weight excluding hydrogens is 170 g/mol. The van der Waals surface area contributed by atoms with Gasteiger partial charge in [0.15, 0.2) is 0 Å². The molecule has 72 valence electrons. The number of H-pyrrole nitrogens is 1. The highest BCUT2D eigenvalue weighted by Gasteiger charge is 1.92. The van der Waals surface area contributed by atoms with Gasteiger partial charge in [-0.1, -0.05) is 0 Å². The number of hydrogen-bond donors (Lipinski definition) is 3. The first-order valence-corrected chi connectivity index (χ1v) is 4.19. The molecule has 5 nitrogen and oxygen atoms in total. The molecular formula is C8H13N3O2. The van der Waals surface area contributed by atoms with Crippen molar-refractivity contribution < 1.29 is 5.11 Å².